The molecule has 0 aliphatic carbocycles. The molecule has 0 saturated heterocycles. The summed E-state index contributed by atoms with van der Waals surface area (Å²) in [6, 6.07) is 12.8. The molecule has 1 heterocycles. The summed E-state index contributed by atoms with van der Waals surface area (Å²) in [5.41, 5.74) is 0.685. The number of aromatic nitrogens is 2. The molecule has 29 heavy (non-hydrogen) atoms. The lowest BCUT2D eigenvalue weighted by molar-refractivity contribution is -0.137. The van der Waals surface area contributed by atoms with Crippen molar-refractivity contribution in [1.29, 1.82) is 0 Å². The lowest BCUT2D eigenvalue weighted by Gasteiger charge is -2.17. The number of methoxy groups -OCH3 is 1. The minimum atomic E-state index is -1.18. The van der Waals surface area contributed by atoms with Gasteiger partial charge in [0.25, 0.3) is 5.91 Å². The fourth-order valence-electron chi connectivity index (χ4n) is 2.80. The number of carbonyl (C=O) groups excluding carboxylic acids is 1. The van der Waals surface area contributed by atoms with Gasteiger partial charge in [-0.1, -0.05) is 24.3 Å². The normalized spacial score (nSPS) is 11.7. The third kappa shape index (κ3) is 4.52. The van der Waals surface area contributed by atoms with Crippen LogP contribution < -0.4 is 10.1 Å². The number of carboxylic acid groups (broad SMARTS) is 1. The second-order valence-corrected chi connectivity index (χ2v) is 6.15. The van der Waals surface area contributed by atoms with E-state index in [-0.39, 0.29) is 22.9 Å². The molecule has 0 radical (unpaired) electrons. The van der Waals surface area contributed by atoms with Crippen LogP contribution in [0.4, 0.5) is 4.39 Å². The van der Waals surface area contributed by atoms with Crippen LogP contribution in [0.1, 0.15) is 28.5 Å². The first-order valence-electron chi connectivity index (χ1n) is 8.59. The Morgan fingerprint density at radius 1 is 1.21 bits per heavy atom. The summed E-state index contributed by atoms with van der Waals surface area (Å²) in [5, 5.41) is 25.8. The first-order valence-corrected chi connectivity index (χ1v) is 8.59. The van der Waals surface area contributed by atoms with E-state index in [9.17, 15) is 19.1 Å². The van der Waals surface area contributed by atoms with E-state index < -0.39 is 30.2 Å². The van der Waals surface area contributed by atoms with Gasteiger partial charge in [0.15, 0.2) is 17.3 Å². The Morgan fingerprint density at radius 2 is 1.93 bits per heavy atom. The highest BCUT2D eigenvalue weighted by Gasteiger charge is 2.23. The molecule has 3 aromatic rings. The summed E-state index contributed by atoms with van der Waals surface area (Å²) < 4.78 is 20.0. The van der Waals surface area contributed by atoms with E-state index in [2.05, 4.69) is 10.4 Å². The number of benzene rings is 2. The summed E-state index contributed by atoms with van der Waals surface area (Å²) in [5.74, 6) is -2.82. The number of rotatable bonds is 7. The maximum absolute atomic E-state index is 14.0. The molecule has 8 nitrogen and oxygen atoms in total. The average Bonchev–Trinajstić information content (AvgIpc) is 3.09. The standard InChI is InChI=1S/C20H18FN3O5/c1-29-17-8-7-12(9-14(17)21)15(11-19(26)27)22-20(28)16-10-18(25)24(23-16)13-5-3-2-4-6-13/h2-10,15,25H,11H2,1H3,(H,22,28)(H,26,27). The number of nitrogens with one attached hydrogen (secondary N) is 1. The van der Waals surface area contributed by atoms with Crippen LogP contribution in [0, 0.1) is 5.82 Å². The highest BCUT2D eigenvalue weighted by atomic mass is 19.1. The molecule has 3 rings (SSSR count). The van der Waals surface area contributed by atoms with Crippen molar-refractivity contribution in [2.45, 2.75) is 12.5 Å². The van der Waals surface area contributed by atoms with E-state index >= 15 is 0 Å². The maximum atomic E-state index is 14.0. The number of ether oxygens (including phenoxy) is 1. The summed E-state index contributed by atoms with van der Waals surface area (Å²) >= 11 is 0. The second-order valence-electron chi connectivity index (χ2n) is 6.15. The molecule has 1 unspecified atom stereocenters. The smallest absolute Gasteiger partial charge is 0.305 e. The molecule has 1 aromatic heterocycles. The fraction of sp³-hybridized carbons (Fsp3) is 0.150. The lowest BCUT2D eigenvalue weighted by Crippen LogP contribution is -2.30. The van der Waals surface area contributed by atoms with Crippen LogP contribution in [0.2, 0.25) is 0 Å². The number of aromatic hydroxyl groups is 1. The van der Waals surface area contributed by atoms with Gasteiger partial charge in [0.2, 0.25) is 5.88 Å². The molecular weight excluding hydrogens is 381 g/mol. The number of amides is 1. The molecule has 0 bridgehead atoms. The largest absolute Gasteiger partial charge is 0.494 e. The molecule has 9 heteroatoms. The molecule has 0 aliphatic heterocycles. The summed E-state index contributed by atoms with van der Waals surface area (Å²) in [4.78, 5) is 23.8. The minimum absolute atomic E-state index is 0.000628. The lowest BCUT2D eigenvalue weighted by atomic mass is 10.0. The van der Waals surface area contributed by atoms with Crippen molar-refractivity contribution in [3.05, 3.63) is 71.7 Å². The second kappa shape index (κ2) is 8.42. The van der Waals surface area contributed by atoms with Gasteiger partial charge in [-0.05, 0) is 29.8 Å². The number of hydrogen-bond acceptors (Lipinski definition) is 5. The zero-order valence-corrected chi connectivity index (χ0v) is 15.4. The number of carbonyl (C=O) groups is 2. The molecule has 150 valence electrons. The van der Waals surface area contributed by atoms with Gasteiger partial charge in [-0.3, -0.25) is 9.59 Å². The van der Waals surface area contributed by atoms with Crippen LogP contribution in [-0.4, -0.2) is 39.0 Å². The van der Waals surface area contributed by atoms with E-state index in [0.717, 1.165) is 12.1 Å². The van der Waals surface area contributed by atoms with Crippen LogP contribution in [-0.2, 0) is 4.79 Å². The number of aliphatic carboxylic acids is 1. The molecular formula is C20H18FN3O5. The van der Waals surface area contributed by atoms with Crippen molar-refractivity contribution in [2.24, 2.45) is 0 Å². The van der Waals surface area contributed by atoms with Gasteiger partial charge in [-0.15, -0.1) is 0 Å². The van der Waals surface area contributed by atoms with Gasteiger partial charge in [-0.2, -0.15) is 5.10 Å². The van der Waals surface area contributed by atoms with Gasteiger partial charge in [-0.25, -0.2) is 9.07 Å². The van der Waals surface area contributed by atoms with E-state index in [1.807, 2.05) is 0 Å². The van der Waals surface area contributed by atoms with Crippen LogP contribution >= 0.6 is 0 Å². The predicted octanol–water partition coefficient (Wildman–Crippen LogP) is 2.67. The van der Waals surface area contributed by atoms with E-state index in [0.29, 0.717) is 5.69 Å². The van der Waals surface area contributed by atoms with Gasteiger partial charge in [0, 0.05) is 6.07 Å². The van der Waals surface area contributed by atoms with Crippen LogP contribution in [0.25, 0.3) is 5.69 Å². The topological polar surface area (TPSA) is 114 Å². The van der Waals surface area contributed by atoms with E-state index in [1.54, 1.807) is 30.3 Å². The first-order chi connectivity index (χ1) is 13.9. The van der Waals surface area contributed by atoms with Crippen molar-refractivity contribution in [3.8, 4) is 17.3 Å². The summed E-state index contributed by atoms with van der Waals surface area (Å²) in [6.45, 7) is 0. The van der Waals surface area contributed by atoms with Crippen molar-refractivity contribution in [1.82, 2.24) is 15.1 Å². The first kappa shape index (κ1) is 19.9. The van der Waals surface area contributed by atoms with Gasteiger partial charge >= 0.3 is 5.97 Å². The van der Waals surface area contributed by atoms with Gasteiger partial charge in [0.1, 0.15) is 0 Å². The minimum Gasteiger partial charge on any atom is -0.494 e. The van der Waals surface area contributed by atoms with Crippen LogP contribution in [0.15, 0.2) is 54.6 Å². The SMILES string of the molecule is COc1ccc(C(CC(=O)O)NC(=O)c2cc(O)n(-c3ccccc3)n2)cc1F. The molecule has 0 saturated carbocycles. The summed E-state index contributed by atoms with van der Waals surface area (Å²) in [6.07, 6.45) is -0.469. The number of para-hydroxylation sites is 1. The Labute approximate surface area is 165 Å². The van der Waals surface area contributed by atoms with Crippen molar-refractivity contribution in [3.63, 3.8) is 0 Å². The Hall–Kier alpha value is -3.88. The predicted molar refractivity (Wildman–Crippen MR) is 101 cm³/mol. The third-order valence-electron chi connectivity index (χ3n) is 4.19. The van der Waals surface area contributed by atoms with Crippen molar-refractivity contribution in [2.75, 3.05) is 7.11 Å². The Kier molecular flexibility index (Phi) is 5.77. The molecule has 0 spiro atoms. The quantitative estimate of drug-likeness (QED) is 0.563. The molecule has 2 aromatic carbocycles. The average molecular weight is 399 g/mol. The van der Waals surface area contributed by atoms with Crippen molar-refractivity contribution >= 4 is 11.9 Å². The van der Waals surface area contributed by atoms with Crippen LogP contribution in [0.3, 0.4) is 0 Å². The number of halogens is 1. The Balaban J connectivity index is 1.86. The monoisotopic (exact) mass is 399 g/mol. The molecule has 0 fully saturated rings. The maximum Gasteiger partial charge on any atom is 0.305 e. The third-order valence-corrected chi connectivity index (χ3v) is 4.19. The highest BCUT2D eigenvalue weighted by molar-refractivity contribution is 5.93. The number of hydrogen-bond donors (Lipinski definition) is 3. The Bertz CT molecular complexity index is 1040. The zero-order chi connectivity index (χ0) is 21.0. The molecule has 1 amide bonds. The zero-order valence-electron chi connectivity index (χ0n) is 15.4. The van der Waals surface area contributed by atoms with E-state index in [1.165, 1.54) is 23.9 Å². The molecule has 0 aliphatic rings. The van der Waals surface area contributed by atoms with Crippen molar-refractivity contribution < 1.29 is 28.9 Å². The number of nitrogens with zero attached hydrogens (tertiary/aromatic N) is 2. The molecule has 1 atom stereocenters. The highest BCUT2D eigenvalue weighted by Crippen LogP contribution is 2.25. The summed E-state index contributed by atoms with van der Waals surface area (Å²) in [7, 11) is 1.31. The molecule has 3 N–H and O–H groups in total. The van der Waals surface area contributed by atoms with E-state index in [4.69, 9.17) is 9.84 Å². The van der Waals surface area contributed by atoms with Gasteiger partial charge in [0.05, 0.1) is 25.3 Å². The van der Waals surface area contributed by atoms with Crippen LogP contribution in [0.5, 0.6) is 11.6 Å². The number of carboxylic acids is 1. The Morgan fingerprint density at radius 3 is 2.55 bits per heavy atom. The van der Waals surface area contributed by atoms with Gasteiger partial charge < -0.3 is 20.3 Å². The fourth-order valence-corrected chi connectivity index (χ4v) is 2.80.